The van der Waals surface area contributed by atoms with Crippen LogP contribution in [0.5, 0.6) is 0 Å². The molecule has 0 radical (unpaired) electrons. The first-order valence-electron chi connectivity index (χ1n) is 5.48. The maximum Gasteiger partial charge on any atom is 0.214 e. The lowest BCUT2D eigenvalue weighted by Crippen LogP contribution is -2.46. The van der Waals surface area contributed by atoms with E-state index in [0.29, 0.717) is 24.6 Å². The molecular weight excluding hydrogens is 198 g/mol. The fourth-order valence-electron chi connectivity index (χ4n) is 2.07. The van der Waals surface area contributed by atoms with Crippen molar-refractivity contribution in [1.29, 1.82) is 0 Å². The van der Waals surface area contributed by atoms with Gasteiger partial charge in [-0.25, -0.2) is 8.42 Å². The summed E-state index contributed by atoms with van der Waals surface area (Å²) in [5, 5.41) is 0. The molecule has 0 amide bonds. The quantitative estimate of drug-likeness (QED) is 0.726. The number of hydrogen-bond acceptors (Lipinski definition) is 2. The molecule has 3 nitrogen and oxygen atoms in total. The molecule has 2 atom stereocenters. The van der Waals surface area contributed by atoms with E-state index in [9.17, 15) is 8.42 Å². The first-order chi connectivity index (χ1) is 6.49. The molecule has 1 saturated heterocycles. The summed E-state index contributed by atoms with van der Waals surface area (Å²) in [6.45, 7) is 6.79. The molecule has 2 unspecified atom stereocenters. The maximum absolute atomic E-state index is 11.9. The number of piperidine rings is 1. The molecule has 1 aliphatic rings. The molecule has 0 N–H and O–H groups in total. The van der Waals surface area contributed by atoms with E-state index >= 15 is 0 Å². The van der Waals surface area contributed by atoms with E-state index in [1.807, 2.05) is 13.8 Å². The van der Waals surface area contributed by atoms with E-state index in [4.69, 9.17) is 0 Å². The highest BCUT2D eigenvalue weighted by Gasteiger charge is 2.32. The van der Waals surface area contributed by atoms with Crippen LogP contribution in [0.1, 0.15) is 40.0 Å². The lowest BCUT2D eigenvalue weighted by atomic mass is 9.94. The molecule has 1 aliphatic heterocycles. The summed E-state index contributed by atoms with van der Waals surface area (Å²) in [7, 11) is -2.98. The third-order valence-electron chi connectivity index (χ3n) is 3.14. The van der Waals surface area contributed by atoms with E-state index in [-0.39, 0.29) is 6.04 Å². The standard InChI is InChI=1S/C10H21NO2S/c1-4-8-14(12,13)11-7-5-6-9(2)10(11)3/h9-10H,4-8H2,1-3H3. The molecule has 0 saturated carbocycles. The van der Waals surface area contributed by atoms with Gasteiger partial charge in [0.25, 0.3) is 0 Å². The van der Waals surface area contributed by atoms with Crippen molar-refractivity contribution in [1.82, 2.24) is 4.31 Å². The van der Waals surface area contributed by atoms with Crippen molar-refractivity contribution >= 4 is 10.0 Å². The fraction of sp³-hybridized carbons (Fsp3) is 1.00. The van der Waals surface area contributed by atoms with Gasteiger partial charge in [0.2, 0.25) is 10.0 Å². The Kier molecular flexibility index (Phi) is 3.95. The lowest BCUT2D eigenvalue weighted by Gasteiger charge is -2.36. The maximum atomic E-state index is 11.9. The predicted octanol–water partition coefficient (Wildman–Crippen LogP) is 1.85. The van der Waals surface area contributed by atoms with Crippen molar-refractivity contribution in [3.63, 3.8) is 0 Å². The van der Waals surface area contributed by atoms with Crippen LogP contribution in [0.2, 0.25) is 0 Å². The van der Waals surface area contributed by atoms with Gasteiger partial charge in [-0.05, 0) is 32.1 Å². The van der Waals surface area contributed by atoms with Crippen molar-refractivity contribution in [2.45, 2.75) is 46.1 Å². The molecule has 0 aromatic carbocycles. The Balaban J connectivity index is 2.76. The number of rotatable bonds is 3. The average Bonchev–Trinajstić information content (AvgIpc) is 2.09. The van der Waals surface area contributed by atoms with Gasteiger partial charge in [-0.2, -0.15) is 4.31 Å². The van der Waals surface area contributed by atoms with Crippen LogP contribution in [-0.4, -0.2) is 31.1 Å². The molecule has 0 bridgehead atoms. The molecule has 4 heteroatoms. The van der Waals surface area contributed by atoms with Crippen LogP contribution in [0.15, 0.2) is 0 Å². The molecule has 1 rings (SSSR count). The van der Waals surface area contributed by atoms with Gasteiger partial charge in [-0.3, -0.25) is 0 Å². The summed E-state index contributed by atoms with van der Waals surface area (Å²) in [6.07, 6.45) is 2.87. The molecule has 0 spiro atoms. The Bertz CT molecular complexity index is 274. The van der Waals surface area contributed by atoms with Gasteiger partial charge < -0.3 is 0 Å². The minimum absolute atomic E-state index is 0.181. The van der Waals surface area contributed by atoms with E-state index in [2.05, 4.69) is 6.92 Å². The lowest BCUT2D eigenvalue weighted by molar-refractivity contribution is 0.202. The largest absolute Gasteiger partial charge is 0.214 e. The zero-order valence-electron chi connectivity index (χ0n) is 9.36. The Morgan fingerprint density at radius 2 is 2.00 bits per heavy atom. The molecule has 14 heavy (non-hydrogen) atoms. The van der Waals surface area contributed by atoms with Gasteiger partial charge in [0.1, 0.15) is 0 Å². The highest BCUT2D eigenvalue weighted by Crippen LogP contribution is 2.25. The highest BCUT2D eigenvalue weighted by atomic mass is 32.2. The van der Waals surface area contributed by atoms with Gasteiger partial charge in [0.15, 0.2) is 0 Å². The summed E-state index contributed by atoms with van der Waals surface area (Å²) in [4.78, 5) is 0. The van der Waals surface area contributed by atoms with Crippen LogP contribution in [-0.2, 0) is 10.0 Å². The van der Waals surface area contributed by atoms with Gasteiger partial charge in [-0.15, -0.1) is 0 Å². The Morgan fingerprint density at radius 3 is 2.57 bits per heavy atom. The molecule has 84 valence electrons. The third-order valence-corrected chi connectivity index (χ3v) is 5.29. The third kappa shape index (κ3) is 2.48. The highest BCUT2D eigenvalue weighted by molar-refractivity contribution is 7.89. The topological polar surface area (TPSA) is 37.4 Å². The zero-order valence-corrected chi connectivity index (χ0v) is 10.2. The molecule has 1 fully saturated rings. The van der Waals surface area contributed by atoms with Gasteiger partial charge in [0, 0.05) is 12.6 Å². The molecule has 1 heterocycles. The van der Waals surface area contributed by atoms with Crippen LogP contribution in [0.3, 0.4) is 0 Å². The Labute approximate surface area is 87.5 Å². The van der Waals surface area contributed by atoms with Crippen molar-refractivity contribution in [3.8, 4) is 0 Å². The summed E-state index contributed by atoms with van der Waals surface area (Å²) in [5.41, 5.74) is 0. The predicted molar refractivity (Wildman–Crippen MR) is 58.6 cm³/mol. The molecule has 0 aliphatic carbocycles. The zero-order chi connectivity index (χ0) is 10.8. The van der Waals surface area contributed by atoms with E-state index < -0.39 is 10.0 Å². The minimum atomic E-state index is -2.98. The van der Waals surface area contributed by atoms with Crippen molar-refractivity contribution in [2.24, 2.45) is 5.92 Å². The monoisotopic (exact) mass is 219 g/mol. The number of sulfonamides is 1. The Hall–Kier alpha value is -0.0900. The van der Waals surface area contributed by atoms with Crippen molar-refractivity contribution in [3.05, 3.63) is 0 Å². The summed E-state index contributed by atoms with van der Waals surface area (Å²) < 4.78 is 25.4. The van der Waals surface area contributed by atoms with E-state index in [0.717, 1.165) is 12.8 Å². The van der Waals surface area contributed by atoms with E-state index in [1.165, 1.54) is 0 Å². The first kappa shape index (κ1) is 12.0. The van der Waals surface area contributed by atoms with Crippen molar-refractivity contribution in [2.75, 3.05) is 12.3 Å². The van der Waals surface area contributed by atoms with Gasteiger partial charge in [0.05, 0.1) is 5.75 Å². The second-order valence-corrected chi connectivity index (χ2v) is 6.33. The molecule has 0 aromatic rings. The summed E-state index contributed by atoms with van der Waals surface area (Å²) in [5.74, 6) is 0.791. The average molecular weight is 219 g/mol. The fourth-order valence-corrected chi connectivity index (χ4v) is 3.94. The van der Waals surface area contributed by atoms with Crippen LogP contribution >= 0.6 is 0 Å². The van der Waals surface area contributed by atoms with Crippen LogP contribution in [0.25, 0.3) is 0 Å². The number of hydrogen-bond donors (Lipinski definition) is 0. The normalized spacial score (nSPS) is 30.5. The molecule has 0 aromatic heterocycles. The second kappa shape index (κ2) is 4.62. The van der Waals surface area contributed by atoms with Crippen LogP contribution in [0.4, 0.5) is 0 Å². The van der Waals surface area contributed by atoms with Gasteiger partial charge in [-0.1, -0.05) is 13.8 Å². The number of nitrogens with zero attached hydrogens (tertiary/aromatic N) is 1. The van der Waals surface area contributed by atoms with Crippen molar-refractivity contribution < 1.29 is 8.42 Å². The minimum Gasteiger partial charge on any atom is -0.212 e. The van der Waals surface area contributed by atoms with E-state index in [1.54, 1.807) is 4.31 Å². The smallest absolute Gasteiger partial charge is 0.212 e. The van der Waals surface area contributed by atoms with Crippen LogP contribution in [0, 0.1) is 5.92 Å². The summed E-state index contributed by atoms with van der Waals surface area (Å²) >= 11 is 0. The SMILES string of the molecule is CCCS(=O)(=O)N1CCCC(C)C1C. The Morgan fingerprint density at radius 1 is 1.36 bits per heavy atom. The molecular formula is C10H21NO2S. The summed E-state index contributed by atoms with van der Waals surface area (Å²) in [6, 6.07) is 0.181. The first-order valence-corrected chi connectivity index (χ1v) is 7.09. The van der Waals surface area contributed by atoms with Gasteiger partial charge >= 0.3 is 0 Å². The second-order valence-electron chi connectivity index (χ2n) is 4.29. The van der Waals surface area contributed by atoms with Crippen LogP contribution < -0.4 is 0 Å².